The Morgan fingerprint density at radius 2 is 1.94 bits per heavy atom. The molecule has 4 rings (SSSR count). The van der Waals surface area contributed by atoms with Crippen molar-refractivity contribution < 1.29 is 17.6 Å². The second kappa shape index (κ2) is 8.41. The zero-order chi connectivity index (χ0) is 23.9. The lowest BCUT2D eigenvalue weighted by Crippen LogP contribution is -2.25. The molecule has 12 heteroatoms. The van der Waals surface area contributed by atoms with E-state index in [4.69, 9.17) is 16.0 Å². The van der Waals surface area contributed by atoms with Crippen molar-refractivity contribution in [2.45, 2.75) is 31.7 Å². The summed E-state index contributed by atoms with van der Waals surface area (Å²) >= 11 is 6.29. The van der Waals surface area contributed by atoms with Gasteiger partial charge in [0.2, 0.25) is 5.91 Å². The van der Waals surface area contributed by atoms with Crippen molar-refractivity contribution in [1.29, 1.82) is 0 Å². The first-order valence-electron chi connectivity index (χ1n) is 9.82. The van der Waals surface area contributed by atoms with Crippen molar-refractivity contribution in [1.82, 2.24) is 14.8 Å². The molecular weight excluding hydrogens is 470 g/mol. The van der Waals surface area contributed by atoms with Crippen molar-refractivity contribution in [2.24, 2.45) is 0 Å². The molecule has 0 spiro atoms. The van der Waals surface area contributed by atoms with Crippen LogP contribution < -0.4 is 15.8 Å². The Morgan fingerprint density at radius 1 is 1.18 bits per heavy atom. The summed E-state index contributed by atoms with van der Waals surface area (Å²) < 4.78 is 34.4. The molecule has 4 aromatic rings. The van der Waals surface area contributed by atoms with Crippen LogP contribution in [-0.4, -0.2) is 29.1 Å². The number of hydrogen-bond donors (Lipinski definition) is 3. The number of nitrogens with zero attached hydrogens (tertiary/aromatic N) is 2. The van der Waals surface area contributed by atoms with Gasteiger partial charge < -0.3 is 9.73 Å². The lowest BCUT2D eigenvalue weighted by molar-refractivity contribution is -0.119. The van der Waals surface area contributed by atoms with E-state index in [2.05, 4.69) is 20.1 Å². The van der Waals surface area contributed by atoms with Crippen LogP contribution in [0.4, 0.5) is 11.4 Å². The van der Waals surface area contributed by atoms with E-state index in [1.807, 2.05) is 19.9 Å². The maximum absolute atomic E-state index is 12.7. The van der Waals surface area contributed by atoms with Crippen LogP contribution in [0.15, 0.2) is 56.6 Å². The number of carbonyl (C=O) groups excluding carboxylic acids is 1. The molecule has 0 aliphatic heterocycles. The molecule has 1 atom stereocenters. The fourth-order valence-electron chi connectivity index (χ4n) is 3.37. The molecule has 0 radical (unpaired) electrons. The maximum atomic E-state index is 12.7. The lowest BCUT2D eigenvalue weighted by Gasteiger charge is -2.16. The number of sulfonamides is 1. The van der Waals surface area contributed by atoms with Crippen LogP contribution in [0.5, 0.6) is 0 Å². The van der Waals surface area contributed by atoms with Gasteiger partial charge in [-0.15, -0.1) is 0 Å². The predicted molar refractivity (Wildman–Crippen MR) is 124 cm³/mol. The Balaban J connectivity index is 1.51. The molecule has 0 aliphatic rings. The molecule has 0 bridgehead atoms. The summed E-state index contributed by atoms with van der Waals surface area (Å²) in [6, 6.07) is 9.68. The molecule has 3 N–H and O–H groups in total. The minimum absolute atomic E-state index is 0.0926. The van der Waals surface area contributed by atoms with Crippen LogP contribution in [0.25, 0.3) is 11.1 Å². The molecule has 172 valence electrons. The first-order chi connectivity index (χ1) is 15.5. The Bertz CT molecular complexity index is 1540. The molecule has 33 heavy (non-hydrogen) atoms. The number of halogens is 1. The van der Waals surface area contributed by atoms with Gasteiger partial charge in [-0.25, -0.2) is 13.2 Å². The molecule has 2 aromatic heterocycles. The summed E-state index contributed by atoms with van der Waals surface area (Å²) in [5.74, 6) is -0.998. The predicted octanol–water partition coefficient (Wildman–Crippen LogP) is 3.59. The number of aryl methyl sites for hydroxylation is 2. The number of amides is 1. The van der Waals surface area contributed by atoms with Gasteiger partial charge in [-0.1, -0.05) is 11.6 Å². The van der Waals surface area contributed by atoms with Gasteiger partial charge in [0, 0.05) is 11.8 Å². The third kappa shape index (κ3) is 4.64. The van der Waals surface area contributed by atoms with Crippen molar-refractivity contribution in [3.8, 4) is 0 Å². The fourth-order valence-corrected chi connectivity index (χ4v) is 4.67. The number of anilines is 2. The summed E-state index contributed by atoms with van der Waals surface area (Å²) in [5, 5.41) is 7.20. The summed E-state index contributed by atoms with van der Waals surface area (Å²) in [4.78, 5) is 26.3. The Morgan fingerprint density at radius 3 is 2.61 bits per heavy atom. The highest BCUT2D eigenvalue weighted by atomic mass is 35.5. The largest absolute Gasteiger partial charge is 0.417 e. The molecule has 0 saturated heterocycles. The zero-order valence-corrected chi connectivity index (χ0v) is 19.4. The van der Waals surface area contributed by atoms with Gasteiger partial charge >= 0.3 is 5.76 Å². The van der Waals surface area contributed by atoms with Gasteiger partial charge in [0.1, 0.15) is 6.04 Å². The van der Waals surface area contributed by atoms with Crippen LogP contribution in [0, 0.1) is 13.8 Å². The first kappa shape index (κ1) is 22.6. The normalized spacial score (nSPS) is 12.6. The second-order valence-corrected chi connectivity index (χ2v) is 9.60. The van der Waals surface area contributed by atoms with Gasteiger partial charge in [0.25, 0.3) is 10.0 Å². The van der Waals surface area contributed by atoms with E-state index in [0.717, 1.165) is 11.4 Å². The lowest BCUT2D eigenvalue weighted by atomic mass is 10.2. The monoisotopic (exact) mass is 489 g/mol. The van der Waals surface area contributed by atoms with E-state index in [-0.39, 0.29) is 27.1 Å². The number of oxazole rings is 1. The summed E-state index contributed by atoms with van der Waals surface area (Å²) in [6.07, 6.45) is 0. The maximum Gasteiger partial charge on any atom is 0.417 e. The number of H-pyrrole nitrogens is 1. The van der Waals surface area contributed by atoms with E-state index >= 15 is 0 Å². The van der Waals surface area contributed by atoms with Crippen LogP contribution >= 0.6 is 11.6 Å². The number of aromatic amines is 1. The third-order valence-corrected chi connectivity index (χ3v) is 6.66. The number of hydrogen-bond acceptors (Lipinski definition) is 6. The van der Waals surface area contributed by atoms with Crippen LogP contribution in [-0.2, 0) is 14.8 Å². The van der Waals surface area contributed by atoms with E-state index < -0.39 is 21.8 Å². The van der Waals surface area contributed by atoms with Crippen molar-refractivity contribution in [3.63, 3.8) is 0 Å². The van der Waals surface area contributed by atoms with Gasteiger partial charge in [0.05, 0.1) is 32.5 Å². The van der Waals surface area contributed by atoms with Gasteiger partial charge in [0.15, 0.2) is 5.58 Å². The summed E-state index contributed by atoms with van der Waals surface area (Å²) in [5.41, 5.74) is 2.68. The Labute approximate surface area is 193 Å². The van der Waals surface area contributed by atoms with Crippen LogP contribution in [0.2, 0.25) is 5.02 Å². The zero-order valence-electron chi connectivity index (χ0n) is 17.8. The van der Waals surface area contributed by atoms with Crippen LogP contribution in [0.1, 0.15) is 24.4 Å². The molecule has 2 aromatic carbocycles. The number of benzene rings is 2. The minimum atomic E-state index is -3.98. The number of fused-ring (bicyclic) bond motifs is 1. The smallest absolute Gasteiger partial charge is 0.408 e. The molecular formula is C21H20ClN5O5S. The first-order valence-corrected chi connectivity index (χ1v) is 11.7. The molecule has 10 nitrogen and oxygen atoms in total. The highest BCUT2D eigenvalue weighted by Gasteiger charge is 2.20. The van der Waals surface area contributed by atoms with E-state index in [9.17, 15) is 18.0 Å². The van der Waals surface area contributed by atoms with Crippen molar-refractivity contribution in [2.75, 3.05) is 10.0 Å². The second-order valence-electron chi connectivity index (χ2n) is 7.51. The summed E-state index contributed by atoms with van der Waals surface area (Å²) in [6.45, 7) is 5.42. The van der Waals surface area contributed by atoms with E-state index in [1.165, 1.54) is 36.4 Å². The average molecular weight is 490 g/mol. The van der Waals surface area contributed by atoms with Gasteiger partial charge in [-0.3, -0.25) is 19.2 Å². The topological polar surface area (TPSA) is 139 Å². The molecule has 1 unspecified atom stereocenters. The number of carbonyl (C=O) groups is 1. The molecule has 0 fully saturated rings. The number of rotatable bonds is 6. The van der Waals surface area contributed by atoms with Crippen LogP contribution in [0.3, 0.4) is 0 Å². The third-order valence-electron chi connectivity index (χ3n) is 4.97. The Hall–Kier alpha value is -3.57. The van der Waals surface area contributed by atoms with Crippen molar-refractivity contribution >= 4 is 50.0 Å². The highest BCUT2D eigenvalue weighted by Crippen LogP contribution is 2.28. The molecule has 1 amide bonds. The number of nitrogens with one attached hydrogen (secondary N) is 3. The van der Waals surface area contributed by atoms with Gasteiger partial charge in [-0.2, -0.15) is 5.10 Å². The number of aromatic nitrogens is 3. The molecule has 0 saturated carbocycles. The van der Waals surface area contributed by atoms with E-state index in [1.54, 1.807) is 11.6 Å². The summed E-state index contributed by atoms with van der Waals surface area (Å²) in [7, 11) is -3.98. The highest BCUT2D eigenvalue weighted by molar-refractivity contribution is 7.92. The molecule has 2 heterocycles. The SMILES string of the molecule is Cc1cc(C)n(C(C)C(=O)Nc2ccc(NS(=O)(=O)c3ccc4[nH]c(=O)oc4c3)cc2Cl)n1. The standard InChI is InChI=1S/C21H20ClN5O5S/c1-11-8-12(2)27(25-11)13(3)20(28)23-17-6-4-14(9-16(17)22)26-33(30,31)15-5-7-18-19(10-15)32-21(29)24-18/h4-10,13,26H,1-3H3,(H,23,28)(H,24,29). The Kier molecular flexibility index (Phi) is 5.76. The minimum Gasteiger partial charge on any atom is -0.408 e. The quantitative estimate of drug-likeness (QED) is 0.378. The van der Waals surface area contributed by atoms with E-state index in [0.29, 0.717) is 11.2 Å². The van der Waals surface area contributed by atoms with Crippen molar-refractivity contribution in [3.05, 3.63) is 69.4 Å². The average Bonchev–Trinajstić information content (AvgIpc) is 3.28. The molecule has 0 aliphatic carbocycles. The van der Waals surface area contributed by atoms with Gasteiger partial charge in [-0.05, 0) is 57.2 Å². The fraction of sp³-hybridized carbons (Fsp3) is 0.190.